The number of halogens is 2. The van der Waals surface area contributed by atoms with Crippen LogP contribution in [0, 0.1) is 11.6 Å². The zero-order chi connectivity index (χ0) is 13.1. The van der Waals surface area contributed by atoms with Gasteiger partial charge in [-0.2, -0.15) is 4.39 Å². The van der Waals surface area contributed by atoms with Crippen LogP contribution in [-0.2, 0) is 0 Å². The van der Waals surface area contributed by atoms with Gasteiger partial charge in [-0.3, -0.25) is 0 Å². The van der Waals surface area contributed by atoms with Gasteiger partial charge >= 0.3 is 0 Å². The molecule has 0 bridgehead atoms. The van der Waals surface area contributed by atoms with E-state index in [0.717, 1.165) is 6.07 Å². The lowest BCUT2D eigenvalue weighted by molar-refractivity contribution is 0.400. The standard InChI is InChI=1S/C13H12F2N2O/c1-8(16)9-4-3-7-17-13(9)18-11-6-2-5-10(14)12(11)15/h2-8H,16H2,1H3/t8-/m0/s1. The lowest BCUT2D eigenvalue weighted by atomic mass is 10.1. The topological polar surface area (TPSA) is 48.1 Å². The van der Waals surface area contributed by atoms with Gasteiger partial charge < -0.3 is 10.5 Å². The van der Waals surface area contributed by atoms with Gasteiger partial charge in [0.2, 0.25) is 11.7 Å². The van der Waals surface area contributed by atoms with Crippen molar-refractivity contribution in [2.24, 2.45) is 5.73 Å². The summed E-state index contributed by atoms with van der Waals surface area (Å²) in [7, 11) is 0. The summed E-state index contributed by atoms with van der Waals surface area (Å²) in [5.74, 6) is -2.04. The van der Waals surface area contributed by atoms with Crippen LogP contribution in [0.2, 0.25) is 0 Å². The Labute approximate surface area is 103 Å². The lowest BCUT2D eigenvalue weighted by Gasteiger charge is -2.12. The van der Waals surface area contributed by atoms with E-state index < -0.39 is 11.6 Å². The number of pyridine rings is 1. The molecular formula is C13H12F2N2O. The smallest absolute Gasteiger partial charge is 0.224 e. The molecule has 2 aromatic rings. The van der Waals surface area contributed by atoms with E-state index in [1.165, 1.54) is 18.3 Å². The van der Waals surface area contributed by atoms with Crippen molar-refractivity contribution >= 4 is 0 Å². The van der Waals surface area contributed by atoms with Gasteiger partial charge in [0, 0.05) is 17.8 Å². The highest BCUT2D eigenvalue weighted by molar-refractivity contribution is 5.34. The summed E-state index contributed by atoms with van der Waals surface area (Å²) in [4.78, 5) is 3.97. The Bertz CT molecular complexity index is 558. The highest BCUT2D eigenvalue weighted by Crippen LogP contribution is 2.28. The second kappa shape index (κ2) is 5.10. The number of aromatic nitrogens is 1. The lowest BCUT2D eigenvalue weighted by Crippen LogP contribution is -2.07. The molecule has 2 N–H and O–H groups in total. The van der Waals surface area contributed by atoms with E-state index in [0.29, 0.717) is 5.56 Å². The minimum atomic E-state index is -1.04. The first-order chi connectivity index (χ1) is 8.59. The van der Waals surface area contributed by atoms with Gasteiger partial charge in [0.05, 0.1) is 0 Å². The fourth-order valence-corrected chi connectivity index (χ4v) is 1.50. The summed E-state index contributed by atoms with van der Waals surface area (Å²) in [5.41, 5.74) is 6.37. The third-order valence-electron chi connectivity index (χ3n) is 2.41. The van der Waals surface area contributed by atoms with Crippen molar-refractivity contribution in [3.63, 3.8) is 0 Å². The monoisotopic (exact) mass is 250 g/mol. The predicted molar refractivity (Wildman–Crippen MR) is 63.3 cm³/mol. The fourth-order valence-electron chi connectivity index (χ4n) is 1.50. The van der Waals surface area contributed by atoms with Crippen LogP contribution < -0.4 is 10.5 Å². The van der Waals surface area contributed by atoms with E-state index in [9.17, 15) is 8.78 Å². The van der Waals surface area contributed by atoms with Crippen LogP contribution >= 0.6 is 0 Å². The largest absolute Gasteiger partial charge is 0.435 e. The van der Waals surface area contributed by atoms with Crippen molar-refractivity contribution in [1.82, 2.24) is 4.98 Å². The van der Waals surface area contributed by atoms with Gasteiger partial charge in [0.25, 0.3) is 0 Å². The Morgan fingerprint density at radius 1 is 1.22 bits per heavy atom. The zero-order valence-electron chi connectivity index (χ0n) is 9.73. The maximum atomic E-state index is 13.5. The summed E-state index contributed by atoms with van der Waals surface area (Å²) in [5, 5.41) is 0. The summed E-state index contributed by atoms with van der Waals surface area (Å²) in [6.45, 7) is 1.76. The number of nitrogens with two attached hydrogens (primary N) is 1. The SMILES string of the molecule is C[C@H](N)c1cccnc1Oc1cccc(F)c1F. The van der Waals surface area contributed by atoms with Crippen molar-refractivity contribution in [3.05, 3.63) is 53.7 Å². The maximum absolute atomic E-state index is 13.5. The number of nitrogens with zero attached hydrogens (tertiary/aromatic N) is 1. The van der Waals surface area contributed by atoms with Gasteiger partial charge in [-0.15, -0.1) is 0 Å². The van der Waals surface area contributed by atoms with Crippen LogP contribution in [0.4, 0.5) is 8.78 Å². The van der Waals surface area contributed by atoms with E-state index in [-0.39, 0.29) is 17.7 Å². The third-order valence-corrected chi connectivity index (χ3v) is 2.41. The molecule has 0 saturated heterocycles. The number of hydrogen-bond donors (Lipinski definition) is 1. The van der Waals surface area contributed by atoms with Gasteiger partial charge in [-0.05, 0) is 25.1 Å². The molecule has 0 aliphatic rings. The summed E-state index contributed by atoms with van der Waals surface area (Å²) in [6, 6.07) is 6.83. The molecule has 5 heteroatoms. The third kappa shape index (κ3) is 2.46. The molecule has 1 heterocycles. The molecular weight excluding hydrogens is 238 g/mol. The first-order valence-corrected chi connectivity index (χ1v) is 5.42. The highest BCUT2D eigenvalue weighted by atomic mass is 19.2. The Hall–Kier alpha value is -2.01. The van der Waals surface area contributed by atoms with E-state index in [1.54, 1.807) is 19.1 Å². The Morgan fingerprint density at radius 3 is 2.72 bits per heavy atom. The molecule has 0 amide bonds. The van der Waals surface area contributed by atoms with E-state index in [4.69, 9.17) is 10.5 Å². The Kier molecular flexibility index (Phi) is 3.53. The van der Waals surface area contributed by atoms with Crippen LogP contribution in [-0.4, -0.2) is 4.98 Å². The van der Waals surface area contributed by atoms with Crippen LogP contribution in [0.5, 0.6) is 11.6 Å². The van der Waals surface area contributed by atoms with Crippen LogP contribution in [0.3, 0.4) is 0 Å². The molecule has 94 valence electrons. The van der Waals surface area contributed by atoms with Crippen molar-refractivity contribution in [3.8, 4) is 11.6 Å². The average Bonchev–Trinajstić information content (AvgIpc) is 2.35. The molecule has 18 heavy (non-hydrogen) atoms. The van der Waals surface area contributed by atoms with E-state index in [1.807, 2.05) is 0 Å². The van der Waals surface area contributed by atoms with Crippen molar-refractivity contribution in [2.75, 3.05) is 0 Å². The first kappa shape index (κ1) is 12.4. The molecule has 0 fully saturated rings. The molecule has 0 unspecified atom stereocenters. The van der Waals surface area contributed by atoms with Gasteiger partial charge in [0.1, 0.15) is 0 Å². The minimum absolute atomic E-state index is 0.178. The van der Waals surface area contributed by atoms with Gasteiger partial charge in [0.15, 0.2) is 11.6 Å². The van der Waals surface area contributed by atoms with Crippen LogP contribution in [0.1, 0.15) is 18.5 Å². The summed E-state index contributed by atoms with van der Waals surface area (Å²) in [6.07, 6.45) is 1.50. The normalized spacial score (nSPS) is 12.2. The summed E-state index contributed by atoms with van der Waals surface area (Å²) < 4.78 is 31.8. The molecule has 1 atom stereocenters. The number of hydrogen-bond acceptors (Lipinski definition) is 3. The Balaban J connectivity index is 2.37. The van der Waals surface area contributed by atoms with Crippen molar-refractivity contribution in [2.45, 2.75) is 13.0 Å². The molecule has 2 rings (SSSR count). The number of rotatable bonds is 3. The van der Waals surface area contributed by atoms with Crippen LogP contribution in [0.25, 0.3) is 0 Å². The molecule has 0 aliphatic heterocycles. The first-order valence-electron chi connectivity index (χ1n) is 5.42. The summed E-state index contributed by atoms with van der Waals surface area (Å²) >= 11 is 0. The van der Waals surface area contributed by atoms with Gasteiger partial charge in [-0.25, -0.2) is 9.37 Å². The second-order valence-electron chi connectivity index (χ2n) is 3.84. The van der Waals surface area contributed by atoms with E-state index >= 15 is 0 Å². The fraction of sp³-hybridized carbons (Fsp3) is 0.154. The van der Waals surface area contributed by atoms with Gasteiger partial charge in [-0.1, -0.05) is 12.1 Å². The molecule has 1 aromatic heterocycles. The quantitative estimate of drug-likeness (QED) is 0.910. The van der Waals surface area contributed by atoms with Crippen molar-refractivity contribution < 1.29 is 13.5 Å². The molecule has 3 nitrogen and oxygen atoms in total. The average molecular weight is 250 g/mol. The second-order valence-corrected chi connectivity index (χ2v) is 3.84. The molecule has 0 aliphatic carbocycles. The number of benzene rings is 1. The maximum Gasteiger partial charge on any atom is 0.224 e. The highest BCUT2D eigenvalue weighted by Gasteiger charge is 2.14. The molecule has 0 radical (unpaired) electrons. The predicted octanol–water partition coefficient (Wildman–Crippen LogP) is 3.17. The molecule has 1 aromatic carbocycles. The Morgan fingerprint density at radius 2 is 2.00 bits per heavy atom. The molecule has 0 spiro atoms. The van der Waals surface area contributed by atoms with E-state index in [2.05, 4.69) is 4.98 Å². The van der Waals surface area contributed by atoms with Crippen LogP contribution in [0.15, 0.2) is 36.5 Å². The van der Waals surface area contributed by atoms with Crippen molar-refractivity contribution in [1.29, 1.82) is 0 Å². The zero-order valence-corrected chi connectivity index (χ0v) is 9.73. The number of ether oxygens (including phenoxy) is 1. The molecule has 0 saturated carbocycles. The minimum Gasteiger partial charge on any atom is -0.435 e.